The van der Waals surface area contributed by atoms with E-state index in [1.165, 1.54) is 38.7 Å². The molecule has 170 valence electrons. The first-order valence-electron chi connectivity index (χ1n) is 10.8. The summed E-state index contributed by atoms with van der Waals surface area (Å²) in [7, 11) is -3.67. The SMILES string of the molecule is CCCCCCCCOc1ccc(N)cc1CS(=O)(=O)c1cc(NC(C)=O)ccc1C. The number of nitrogens with one attached hydrogen (secondary N) is 1. The standard InChI is InChI=1S/C24H34N2O4S/c1-4-5-6-7-8-9-14-30-23-13-11-21(25)15-20(23)17-31(28,29)24-16-22(26-19(3)27)12-10-18(24)2/h10-13,15-16H,4-9,14,17,25H2,1-3H3,(H,26,27). The summed E-state index contributed by atoms with van der Waals surface area (Å²) in [6.45, 7) is 5.85. The van der Waals surface area contributed by atoms with Gasteiger partial charge in [-0.15, -0.1) is 0 Å². The lowest BCUT2D eigenvalue weighted by atomic mass is 10.1. The van der Waals surface area contributed by atoms with Crippen LogP contribution in [0.5, 0.6) is 5.75 Å². The molecule has 0 heterocycles. The van der Waals surface area contributed by atoms with Gasteiger partial charge >= 0.3 is 0 Å². The predicted molar refractivity (Wildman–Crippen MR) is 126 cm³/mol. The van der Waals surface area contributed by atoms with E-state index in [2.05, 4.69) is 12.2 Å². The number of aryl methyl sites for hydroxylation is 1. The number of anilines is 2. The Morgan fingerprint density at radius 3 is 2.45 bits per heavy atom. The zero-order valence-electron chi connectivity index (χ0n) is 18.7. The Hall–Kier alpha value is -2.54. The Bertz CT molecular complexity index is 987. The van der Waals surface area contributed by atoms with Gasteiger partial charge in [0.25, 0.3) is 0 Å². The topological polar surface area (TPSA) is 98.5 Å². The molecule has 2 rings (SSSR count). The lowest BCUT2D eigenvalue weighted by molar-refractivity contribution is -0.114. The van der Waals surface area contributed by atoms with Gasteiger partial charge in [0.2, 0.25) is 5.91 Å². The summed E-state index contributed by atoms with van der Waals surface area (Å²) in [5, 5.41) is 2.63. The highest BCUT2D eigenvalue weighted by Crippen LogP contribution is 2.29. The first-order valence-corrected chi connectivity index (χ1v) is 12.5. The number of ether oxygens (including phenoxy) is 1. The van der Waals surface area contributed by atoms with Crippen molar-refractivity contribution in [3.63, 3.8) is 0 Å². The molecule has 0 saturated heterocycles. The molecule has 2 aromatic carbocycles. The van der Waals surface area contributed by atoms with E-state index in [0.29, 0.717) is 34.9 Å². The third-order valence-corrected chi connectivity index (χ3v) is 6.83. The highest BCUT2D eigenvalue weighted by Gasteiger charge is 2.21. The van der Waals surface area contributed by atoms with Crippen molar-refractivity contribution in [2.45, 2.75) is 69.9 Å². The van der Waals surface area contributed by atoms with Gasteiger partial charge in [-0.3, -0.25) is 4.79 Å². The lowest BCUT2D eigenvalue weighted by Crippen LogP contribution is -2.11. The zero-order valence-corrected chi connectivity index (χ0v) is 19.6. The Balaban J connectivity index is 2.14. The van der Waals surface area contributed by atoms with Crippen LogP contribution in [0.4, 0.5) is 11.4 Å². The Kier molecular flexibility index (Phi) is 9.37. The molecule has 0 atom stereocenters. The molecule has 3 N–H and O–H groups in total. The maximum atomic E-state index is 13.2. The van der Waals surface area contributed by atoms with E-state index in [1.807, 2.05) is 0 Å². The van der Waals surface area contributed by atoms with E-state index in [4.69, 9.17) is 10.5 Å². The van der Waals surface area contributed by atoms with Crippen molar-refractivity contribution in [3.05, 3.63) is 47.5 Å². The molecular formula is C24H34N2O4S. The third kappa shape index (κ3) is 7.90. The Morgan fingerprint density at radius 1 is 1.03 bits per heavy atom. The molecule has 31 heavy (non-hydrogen) atoms. The second kappa shape index (κ2) is 11.7. The van der Waals surface area contributed by atoms with Crippen molar-refractivity contribution >= 4 is 27.1 Å². The quantitative estimate of drug-likeness (QED) is 0.343. The molecule has 0 aliphatic carbocycles. The van der Waals surface area contributed by atoms with E-state index in [1.54, 1.807) is 37.3 Å². The molecule has 7 heteroatoms. The van der Waals surface area contributed by atoms with Crippen LogP contribution in [0, 0.1) is 6.92 Å². The van der Waals surface area contributed by atoms with E-state index in [9.17, 15) is 13.2 Å². The molecule has 0 fully saturated rings. The number of amides is 1. The van der Waals surface area contributed by atoms with Crippen LogP contribution in [0.25, 0.3) is 0 Å². The average molecular weight is 447 g/mol. The number of carbonyl (C=O) groups excluding carboxylic acids is 1. The van der Waals surface area contributed by atoms with Gasteiger partial charge in [0.05, 0.1) is 17.3 Å². The van der Waals surface area contributed by atoms with Gasteiger partial charge in [-0.05, 0) is 49.2 Å². The van der Waals surface area contributed by atoms with Gasteiger partial charge in [0, 0.05) is 23.9 Å². The normalized spacial score (nSPS) is 11.3. The number of rotatable bonds is 12. The Labute approximate surface area is 186 Å². The van der Waals surface area contributed by atoms with Crippen LogP contribution in [0.15, 0.2) is 41.3 Å². The first-order chi connectivity index (χ1) is 14.7. The van der Waals surface area contributed by atoms with Gasteiger partial charge in [-0.2, -0.15) is 0 Å². The first kappa shape index (κ1) is 24.7. The van der Waals surface area contributed by atoms with Crippen molar-refractivity contribution in [2.75, 3.05) is 17.7 Å². The third-order valence-electron chi connectivity index (χ3n) is 5.03. The Morgan fingerprint density at radius 2 is 1.74 bits per heavy atom. The van der Waals surface area contributed by atoms with Crippen molar-refractivity contribution < 1.29 is 17.9 Å². The van der Waals surface area contributed by atoms with Crippen LogP contribution in [0.3, 0.4) is 0 Å². The van der Waals surface area contributed by atoms with Crippen LogP contribution in [0.1, 0.15) is 63.5 Å². The molecule has 0 saturated carbocycles. The summed E-state index contributed by atoms with van der Waals surface area (Å²) in [6, 6.07) is 9.97. The van der Waals surface area contributed by atoms with Gasteiger partial charge in [0.15, 0.2) is 9.84 Å². The summed E-state index contributed by atoms with van der Waals surface area (Å²) in [5.74, 6) is 0.0595. The van der Waals surface area contributed by atoms with Crippen LogP contribution >= 0.6 is 0 Å². The fraction of sp³-hybridized carbons (Fsp3) is 0.458. The molecule has 0 aliphatic rings. The number of nitrogens with two attached hydrogens (primary N) is 1. The second-order valence-corrected chi connectivity index (χ2v) is 9.86. The number of hydrogen-bond acceptors (Lipinski definition) is 5. The highest BCUT2D eigenvalue weighted by molar-refractivity contribution is 7.90. The molecule has 0 radical (unpaired) electrons. The van der Waals surface area contributed by atoms with Gasteiger partial charge < -0.3 is 15.8 Å². The molecule has 0 aromatic heterocycles. The molecular weight excluding hydrogens is 412 g/mol. The summed E-state index contributed by atoms with van der Waals surface area (Å²) >= 11 is 0. The molecule has 1 amide bonds. The molecule has 6 nitrogen and oxygen atoms in total. The average Bonchev–Trinajstić information content (AvgIpc) is 2.69. The minimum atomic E-state index is -3.67. The number of hydrogen-bond donors (Lipinski definition) is 2. The highest BCUT2D eigenvalue weighted by atomic mass is 32.2. The van der Waals surface area contributed by atoms with Crippen LogP contribution in [-0.4, -0.2) is 20.9 Å². The minimum Gasteiger partial charge on any atom is -0.493 e. The van der Waals surface area contributed by atoms with E-state index in [0.717, 1.165) is 12.8 Å². The molecule has 2 aromatic rings. The fourth-order valence-corrected chi connectivity index (χ4v) is 5.07. The number of sulfone groups is 1. The predicted octanol–water partition coefficient (Wildman–Crippen LogP) is 5.25. The molecule has 0 spiro atoms. The molecule has 0 aliphatic heterocycles. The summed E-state index contributed by atoms with van der Waals surface area (Å²) in [6.07, 6.45) is 6.91. The molecule has 0 unspecified atom stereocenters. The monoisotopic (exact) mass is 446 g/mol. The van der Waals surface area contributed by atoms with Crippen LogP contribution in [-0.2, 0) is 20.4 Å². The van der Waals surface area contributed by atoms with Crippen LogP contribution in [0.2, 0.25) is 0 Å². The number of nitrogen functional groups attached to an aromatic ring is 1. The largest absolute Gasteiger partial charge is 0.493 e. The fourth-order valence-electron chi connectivity index (χ4n) is 3.42. The van der Waals surface area contributed by atoms with Crippen molar-refractivity contribution in [2.24, 2.45) is 0 Å². The summed E-state index contributed by atoms with van der Waals surface area (Å²) in [4.78, 5) is 11.5. The van der Waals surface area contributed by atoms with Crippen molar-refractivity contribution in [3.8, 4) is 5.75 Å². The smallest absolute Gasteiger partial charge is 0.221 e. The van der Waals surface area contributed by atoms with Crippen molar-refractivity contribution in [1.29, 1.82) is 0 Å². The van der Waals surface area contributed by atoms with Gasteiger partial charge in [0.1, 0.15) is 5.75 Å². The summed E-state index contributed by atoms with van der Waals surface area (Å²) in [5.41, 5.74) is 8.01. The zero-order chi connectivity index (χ0) is 22.9. The van der Waals surface area contributed by atoms with E-state index >= 15 is 0 Å². The van der Waals surface area contributed by atoms with Crippen LogP contribution < -0.4 is 15.8 Å². The minimum absolute atomic E-state index is 0.183. The number of carbonyl (C=O) groups is 1. The van der Waals surface area contributed by atoms with E-state index < -0.39 is 9.84 Å². The lowest BCUT2D eigenvalue weighted by Gasteiger charge is -2.14. The number of benzene rings is 2. The maximum Gasteiger partial charge on any atom is 0.221 e. The maximum absolute atomic E-state index is 13.2. The number of unbranched alkanes of at least 4 members (excludes halogenated alkanes) is 5. The molecule has 0 bridgehead atoms. The summed E-state index contributed by atoms with van der Waals surface area (Å²) < 4.78 is 32.3. The van der Waals surface area contributed by atoms with Gasteiger partial charge in [-0.1, -0.05) is 45.1 Å². The van der Waals surface area contributed by atoms with E-state index in [-0.39, 0.29) is 16.6 Å². The second-order valence-electron chi connectivity index (χ2n) is 7.90. The van der Waals surface area contributed by atoms with Crippen molar-refractivity contribution in [1.82, 2.24) is 0 Å². The van der Waals surface area contributed by atoms with Gasteiger partial charge in [-0.25, -0.2) is 8.42 Å².